The van der Waals surface area contributed by atoms with Gasteiger partial charge in [0.25, 0.3) is 15.7 Å². The smallest absolute Gasteiger partial charge is 0.337 e. The van der Waals surface area contributed by atoms with Gasteiger partial charge in [-0.1, -0.05) is 12.1 Å². The number of para-hydroxylation sites is 1. The Bertz CT molecular complexity index is 1440. The predicted molar refractivity (Wildman–Crippen MR) is 126 cm³/mol. The first-order valence-electron chi connectivity index (χ1n) is 10.1. The topological polar surface area (TPSA) is 169 Å². The summed E-state index contributed by atoms with van der Waals surface area (Å²) in [5.74, 6) is -0.206. The number of nitro groups is 1. The summed E-state index contributed by atoms with van der Waals surface area (Å²) in [6, 6.07) is 13.7. The van der Waals surface area contributed by atoms with E-state index in [1.807, 2.05) is 0 Å². The Hall–Kier alpha value is -4.65. The van der Waals surface area contributed by atoms with Crippen LogP contribution < -0.4 is 19.6 Å². The predicted octanol–water partition coefficient (Wildman–Crippen LogP) is 3.31. The lowest BCUT2D eigenvalue weighted by Crippen LogP contribution is -2.17. The van der Waals surface area contributed by atoms with Gasteiger partial charge < -0.3 is 14.6 Å². The zero-order valence-electron chi connectivity index (χ0n) is 17.9. The minimum Gasteiger partial charge on any atom is -0.486 e. The van der Waals surface area contributed by atoms with Gasteiger partial charge in [-0.3, -0.25) is 20.3 Å². The Balaban J connectivity index is 1.64. The maximum absolute atomic E-state index is 13.1. The van der Waals surface area contributed by atoms with Gasteiger partial charge in [-0.15, -0.1) is 0 Å². The Labute approximate surface area is 199 Å². The molecule has 0 fully saturated rings. The van der Waals surface area contributed by atoms with Crippen LogP contribution in [0.2, 0.25) is 0 Å². The molecule has 1 aliphatic heterocycles. The van der Waals surface area contributed by atoms with E-state index in [4.69, 9.17) is 9.47 Å². The number of ether oxygens (including phenoxy) is 2. The number of nitrogens with zero attached hydrogens (tertiary/aromatic N) is 2. The van der Waals surface area contributed by atoms with E-state index in [-0.39, 0.29) is 16.9 Å². The van der Waals surface area contributed by atoms with Crippen molar-refractivity contribution in [1.29, 1.82) is 0 Å². The van der Waals surface area contributed by atoms with Crippen molar-refractivity contribution in [3.05, 3.63) is 81.9 Å². The molecule has 0 spiro atoms. The van der Waals surface area contributed by atoms with Gasteiger partial charge in [-0.2, -0.15) is 5.10 Å². The van der Waals surface area contributed by atoms with Gasteiger partial charge >= 0.3 is 5.97 Å². The van der Waals surface area contributed by atoms with Gasteiger partial charge in [-0.05, 0) is 42.0 Å². The van der Waals surface area contributed by atoms with Gasteiger partial charge in [0.2, 0.25) is 0 Å². The molecule has 3 N–H and O–H groups in total. The first-order chi connectivity index (χ1) is 16.7. The van der Waals surface area contributed by atoms with Crippen LogP contribution in [0, 0.1) is 10.1 Å². The van der Waals surface area contributed by atoms with Crippen molar-refractivity contribution >= 4 is 39.3 Å². The molecule has 35 heavy (non-hydrogen) atoms. The first kappa shape index (κ1) is 23.5. The minimum absolute atomic E-state index is 0.0651. The summed E-state index contributed by atoms with van der Waals surface area (Å²) in [7, 11) is -4.45. The van der Waals surface area contributed by atoms with E-state index in [0.29, 0.717) is 30.3 Å². The number of carboxylic acid groups (broad SMARTS) is 1. The number of fused-ring (bicyclic) bond motifs is 1. The third-order valence-electron chi connectivity index (χ3n) is 4.83. The normalized spacial score (nSPS) is 12.8. The third-order valence-corrected chi connectivity index (χ3v) is 6.24. The van der Waals surface area contributed by atoms with E-state index in [2.05, 4.69) is 15.2 Å². The molecule has 0 atom stereocenters. The minimum atomic E-state index is -4.45. The molecular weight excluding hydrogens is 480 g/mol. The summed E-state index contributed by atoms with van der Waals surface area (Å²) >= 11 is 0. The Morgan fingerprint density at radius 2 is 1.77 bits per heavy atom. The fourth-order valence-corrected chi connectivity index (χ4v) is 4.47. The van der Waals surface area contributed by atoms with Crippen LogP contribution in [-0.4, -0.2) is 43.8 Å². The van der Waals surface area contributed by atoms with Gasteiger partial charge in [0.05, 0.1) is 28.1 Å². The highest BCUT2D eigenvalue weighted by atomic mass is 32.2. The van der Waals surface area contributed by atoms with E-state index < -0.39 is 31.5 Å². The lowest BCUT2D eigenvalue weighted by molar-refractivity contribution is -0.385. The largest absolute Gasteiger partial charge is 0.486 e. The Morgan fingerprint density at radius 3 is 2.51 bits per heavy atom. The van der Waals surface area contributed by atoms with Crippen molar-refractivity contribution < 1.29 is 32.7 Å². The van der Waals surface area contributed by atoms with E-state index in [1.54, 1.807) is 18.2 Å². The van der Waals surface area contributed by atoms with Crippen molar-refractivity contribution in [2.24, 2.45) is 5.10 Å². The van der Waals surface area contributed by atoms with E-state index >= 15 is 0 Å². The van der Waals surface area contributed by atoms with E-state index in [9.17, 15) is 28.4 Å². The van der Waals surface area contributed by atoms with Crippen molar-refractivity contribution in [2.75, 3.05) is 23.4 Å². The summed E-state index contributed by atoms with van der Waals surface area (Å²) in [6.07, 6.45) is 1.41. The summed E-state index contributed by atoms with van der Waals surface area (Å²) in [6.45, 7) is 0.859. The molecule has 0 bridgehead atoms. The summed E-state index contributed by atoms with van der Waals surface area (Å²) in [4.78, 5) is 21.5. The van der Waals surface area contributed by atoms with E-state index in [0.717, 1.165) is 12.1 Å². The molecule has 0 aromatic heterocycles. The molecule has 3 aromatic carbocycles. The van der Waals surface area contributed by atoms with Crippen LogP contribution in [0.3, 0.4) is 0 Å². The Kier molecular flexibility index (Phi) is 6.51. The van der Waals surface area contributed by atoms with Crippen molar-refractivity contribution in [1.82, 2.24) is 0 Å². The van der Waals surface area contributed by atoms with Crippen LogP contribution in [0.25, 0.3) is 0 Å². The molecule has 0 aliphatic carbocycles. The SMILES string of the molecule is O=C(O)c1ccccc1NS(=O)(=O)c1cc([N+](=O)[O-])ccc1NN=Cc1ccc2c(c1)OCCO2. The second-order valence-corrected chi connectivity index (χ2v) is 8.82. The summed E-state index contributed by atoms with van der Waals surface area (Å²) in [5.41, 5.74) is 2.18. The monoisotopic (exact) mass is 498 g/mol. The standard InChI is InChI=1S/C22H18N4O8S/c27-22(28)16-3-1-2-4-17(16)25-35(31,32)21-12-15(26(29)30)6-7-18(21)24-23-13-14-5-8-19-20(11-14)34-10-9-33-19/h1-8,11-13,24-25H,9-10H2,(H,27,28). The molecule has 12 nitrogen and oxygen atoms in total. The number of hydrazone groups is 1. The molecule has 0 saturated heterocycles. The molecular formula is C22H18N4O8S. The van der Waals surface area contributed by atoms with Gasteiger partial charge in [0.15, 0.2) is 11.5 Å². The van der Waals surface area contributed by atoms with Crippen LogP contribution in [-0.2, 0) is 10.0 Å². The quantitative estimate of drug-likeness (QED) is 0.239. The number of benzene rings is 3. The summed E-state index contributed by atoms with van der Waals surface area (Å²) in [5, 5.41) is 24.6. The number of aromatic carboxylic acids is 1. The van der Waals surface area contributed by atoms with Crippen LogP contribution in [0.1, 0.15) is 15.9 Å². The highest BCUT2D eigenvalue weighted by Gasteiger charge is 2.24. The van der Waals surface area contributed by atoms with Crippen molar-refractivity contribution in [3.63, 3.8) is 0 Å². The molecule has 0 amide bonds. The molecule has 0 unspecified atom stereocenters. The molecule has 13 heteroatoms. The molecule has 180 valence electrons. The van der Waals surface area contributed by atoms with Gasteiger partial charge in [-0.25, -0.2) is 13.2 Å². The molecule has 1 heterocycles. The van der Waals surface area contributed by atoms with Gasteiger partial charge in [0.1, 0.15) is 18.1 Å². The number of hydrogen-bond acceptors (Lipinski definition) is 9. The number of carboxylic acids is 1. The highest BCUT2D eigenvalue weighted by molar-refractivity contribution is 7.93. The van der Waals surface area contributed by atoms with Crippen molar-refractivity contribution in [2.45, 2.75) is 4.90 Å². The second-order valence-electron chi connectivity index (χ2n) is 7.17. The number of nitro benzene ring substituents is 1. The number of hydrogen-bond donors (Lipinski definition) is 3. The first-order valence-corrected chi connectivity index (χ1v) is 11.6. The lowest BCUT2D eigenvalue weighted by atomic mass is 10.2. The fraction of sp³-hybridized carbons (Fsp3) is 0.0909. The average molecular weight is 498 g/mol. The third kappa shape index (κ3) is 5.30. The fourth-order valence-electron chi connectivity index (χ4n) is 3.21. The molecule has 3 aromatic rings. The van der Waals surface area contributed by atoms with Crippen LogP contribution in [0.5, 0.6) is 11.5 Å². The molecule has 0 radical (unpaired) electrons. The number of non-ortho nitro benzene ring substituents is 1. The van der Waals surface area contributed by atoms with Crippen LogP contribution in [0.15, 0.2) is 70.7 Å². The van der Waals surface area contributed by atoms with Crippen LogP contribution >= 0.6 is 0 Å². The molecule has 4 rings (SSSR count). The number of sulfonamides is 1. The zero-order valence-corrected chi connectivity index (χ0v) is 18.7. The second kappa shape index (κ2) is 9.69. The highest BCUT2D eigenvalue weighted by Crippen LogP contribution is 2.31. The molecule has 1 aliphatic rings. The maximum Gasteiger partial charge on any atom is 0.337 e. The van der Waals surface area contributed by atoms with Crippen molar-refractivity contribution in [3.8, 4) is 11.5 Å². The number of nitrogens with one attached hydrogen (secondary N) is 2. The number of anilines is 2. The zero-order chi connectivity index (χ0) is 25.0. The van der Waals surface area contributed by atoms with E-state index in [1.165, 1.54) is 36.5 Å². The summed E-state index contributed by atoms with van der Waals surface area (Å²) < 4.78 is 39.4. The number of rotatable bonds is 8. The lowest BCUT2D eigenvalue weighted by Gasteiger charge is -2.18. The molecule has 0 saturated carbocycles. The number of carbonyl (C=O) groups is 1. The maximum atomic E-state index is 13.1. The van der Waals surface area contributed by atoms with Crippen LogP contribution in [0.4, 0.5) is 17.1 Å². The Morgan fingerprint density at radius 1 is 1.03 bits per heavy atom. The van der Waals surface area contributed by atoms with Gasteiger partial charge in [0, 0.05) is 12.1 Å². The average Bonchev–Trinajstić information content (AvgIpc) is 2.84.